The van der Waals surface area contributed by atoms with Crippen molar-refractivity contribution in [3.05, 3.63) is 69.4 Å². The summed E-state index contributed by atoms with van der Waals surface area (Å²) >= 11 is 3.11. The molecule has 0 aromatic heterocycles. The third kappa shape index (κ3) is 2.98. The number of aliphatic hydroxyl groups excluding tert-OH is 1. The van der Waals surface area contributed by atoms with E-state index in [-0.39, 0.29) is 17.5 Å². The molecule has 0 aliphatic rings. The lowest BCUT2D eigenvalue weighted by atomic mass is 10.0. The smallest absolute Gasteiger partial charge is 0.130 e. The number of benzene rings is 2. The first-order valence-corrected chi connectivity index (χ1v) is 6.35. The molecule has 0 heterocycles. The van der Waals surface area contributed by atoms with Crippen LogP contribution in [0.4, 0.5) is 13.2 Å². The molecule has 0 saturated carbocycles. The van der Waals surface area contributed by atoms with E-state index in [1.165, 1.54) is 18.2 Å². The van der Waals surface area contributed by atoms with Crippen LogP contribution in [0.15, 0.2) is 40.9 Å². The van der Waals surface area contributed by atoms with Gasteiger partial charge in [-0.05, 0) is 24.3 Å². The molecule has 0 aliphatic heterocycles. The molecule has 100 valence electrons. The van der Waals surface area contributed by atoms with Gasteiger partial charge in [0.25, 0.3) is 0 Å². The zero-order chi connectivity index (χ0) is 14.0. The summed E-state index contributed by atoms with van der Waals surface area (Å²) in [5.41, 5.74) is -0.268. The van der Waals surface area contributed by atoms with Crippen molar-refractivity contribution in [2.24, 2.45) is 0 Å². The Balaban J connectivity index is 2.34. The van der Waals surface area contributed by atoms with E-state index in [9.17, 15) is 18.3 Å². The summed E-state index contributed by atoms with van der Waals surface area (Å²) in [6.07, 6.45) is -1.67. The minimum Gasteiger partial charge on any atom is -0.388 e. The molecule has 0 saturated heterocycles. The summed E-state index contributed by atoms with van der Waals surface area (Å²) in [6.45, 7) is 0. The zero-order valence-electron chi connectivity index (χ0n) is 9.71. The third-order valence-corrected chi connectivity index (χ3v) is 3.48. The van der Waals surface area contributed by atoms with E-state index in [0.717, 1.165) is 12.1 Å². The van der Waals surface area contributed by atoms with E-state index < -0.39 is 23.6 Å². The molecule has 5 heteroatoms. The Labute approximate surface area is 116 Å². The second-order valence-electron chi connectivity index (χ2n) is 4.06. The molecule has 0 aliphatic carbocycles. The van der Waals surface area contributed by atoms with Gasteiger partial charge in [-0.15, -0.1) is 0 Å². The second-order valence-corrected chi connectivity index (χ2v) is 4.91. The van der Waals surface area contributed by atoms with Crippen LogP contribution in [0.25, 0.3) is 0 Å². The van der Waals surface area contributed by atoms with Crippen LogP contribution in [0.1, 0.15) is 17.2 Å². The Morgan fingerprint density at radius 1 is 0.947 bits per heavy atom. The topological polar surface area (TPSA) is 20.2 Å². The average molecular weight is 331 g/mol. The Bertz CT molecular complexity index is 561. The van der Waals surface area contributed by atoms with Crippen LogP contribution in [0.3, 0.4) is 0 Å². The fourth-order valence-corrected chi connectivity index (χ4v) is 2.46. The summed E-state index contributed by atoms with van der Waals surface area (Å²) in [5.74, 6) is -2.14. The Morgan fingerprint density at radius 2 is 1.47 bits per heavy atom. The minimum absolute atomic E-state index is 0.00912. The van der Waals surface area contributed by atoms with Crippen LogP contribution in [0.5, 0.6) is 0 Å². The van der Waals surface area contributed by atoms with E-state index in [0.29, 0.717) is 4.47 Å². The predicted molar refractivity (Wildman–Crippen MR) is 69.1 cm³/mol. The number of aliphatic hydroxyl groups is 1. The van der Waals surface area contributed by atoms with Gasteiger partial charge in [0.15, 0.2) is 0 Å². The molecular weight excluding hydrogens is 321 g/mol. The van der Waals surface area contributed by atoms with E-state index in [2.05, 4.69) is 15.9 Å². The van der Waals surface area contributed by atoms with Crippen molar-refractivity contribution in [1.82, 2.24) is 0 Å². The lowest BCUT2D eigenvalue weighted by Gasteiger charge is -2.14. The number of halogens is 4. The average Bonchev–Trinajstić information content (AvgIpc) is 2.34. The summed E-state index contributed by atoms with van der Waals surface area (Å²) < 4.78 is 40.9. The maximum absolute atomic E-state index is 13.6. The second kappa shape index (κ2) is 5.75. The van der Waals surface area contributed by atoms with Crippen molar-refractivity contribution >= 4 is 15.9 Å². The SMILES string of the molecule is OC(Cc1c(F)cccc1F)c1c(F)cccc1Br. The van der Waals surface area contributed by atoms with Gasteiger partial charge in [0.1, 0.15) is 17.5 Å². The van der Waals surface area contributed by atoms with Crippen LogP contribution < -0.4 is 0 Å². The summed E-state index contributed by atoms with van der Waals surface area (Å²) in [7, 11) is 0. The van der Waals surface area contributed by atoms with Crippen molar-refractivity contribution in [2.45, 2.75) is 12.5 Å². The van der Waals surface area contributed by atoms with Gasteiger partial charge in [0.2, 0.25) is 0 Å². The van der Waals surface area contributed by atoms with Crippen LogP contribution in [-0.4, -0.2) is 5.11 Å². The Morgan fingerprint density at radius 3 is 2.05 bits per heavy atom. The first-order chi connectivity index (χ1) is 9.00. The zero-order valence-corrected chi connectivity index (χ0v) is 11.3. The fourth-order valence-electron chi connectivity index (χ4n) is 1.85. The van der Waals surface area contributed by atoms with Gasteiger partial charge in [-0.25, -0.2) is 13.2 Å². The van der Waals surface area contributed by atoms with Gasteiger partial charge >= 0.3 is 0 Å². The largest absolute Gasteiger partial charge is 0.388 e. The van der Waals surface area contributed by atoms with Gasteiger partial charge < -0.3 is 5.11 Å². The Kier molecular flexibility index (Phi) is 4.27. The number of hydrogen-bond donors (Lipinski definition) is 1. The molecule has 0 spiro atoms. The van der Waals surface area contributed by atoms with Crippen molar-refractivity contribution in [3.63, 3.8) is 0 Å². The third-order valence-electron chi connectivity index (χ3n) is 2.79. The van der Waals surface area contributed by atoms with Crippen LogP contribution >= 0.6 is 15.9 Å². The lowest BCUT2D eigenvalue weighted by Crippen LogP contribution is -2.08. The molecule has 1 unspecified atom stereocenters. The molecule has 2 aromatic rings. The van der Waals surface area contributed by atoms with Crippen molar-refractivity contribution in [1.29, 1.82) is 0 Å². The summed E-state index contributed by atoms with van der Waals surface area (Å²) in [6, 6.07) is 7.64. The molecule has 0 radical (unpaired) electrons. The predicted octanol–water partition coefficient (Wildman–Crippen LogP) is 4.14. The molecule has 0 amide bonds. The highest BCUT2D eigenvalue weighted by atomic mass is 79.9. The van der Waals surface area contributed by atoms with Gasteiger partial charge in [0.05, 0.1) is 6.10 Å². The fraction of sp³-hybridized carbons (Fsp3) is 0.143. The molecular formula is C14H10BrF3O. The van der Waals surface area contributed by atoms with Crippen LogP contribution in [0.2, 0.25) is 0 Å². The minimum atomic E-state index is -1.33. The first kappa shape index (κ1) is 14.1. The highest BCUT2D eigenvalue weighted by Crippen LogP contribution is 2.29. The van der Waals surface area contributed by atoms with Crippen molar-refractivity contribution < 1.29 is 18.3 Å². The van der Waals surface area contributed by atoms with Gasteiger partial charge in [-0.3, -0.25) is 0 Å². The van der Waals surface area contributed by atoms with Crippen LogP contribution in [-0.2, 0) is 6.42 Å². The molecule has 2 rings (SSSR count). The molecule has 1 nitrogen and oxygen atoms in total. The highest BCUT2D eigenvalue weighted by Gasteiger charge is 2.20. The number of hydrogen-bond acceptors (Lipinski definition) is 1. The Hall–Kier alpha value is -1.33. The van der Waals surface area contributed by atoms with E-state index >= 15 is 0 Å². The maximum atomic E-state index is 13.6. The standard InChI is InChI=1S/C14H10BrF3O/c15-9-3-1-6-12(18)14(9)13(19)7-8-10(16)4-2-5-11(8)17/h1-6,13,19H,7H2. The summed E-state index contributed by atoms with van der Waals surface area (Å²) in [4.78, 5) is 0. The van der Waals surface area contributed by atoms with Gasteiger partial charge in [-0.2, -0.15) is 0 Å². The van der Waals surface area contributed by atoms with Crippen LogP contribution in [0, 0.1) is 17.5 Å². The molecule has 1 N–H and O–H groups in total. The summed E-state index contributed by atoms with van der Waals surface area (Å²) in [5, 5.41) is 9.98. The van der Waals surface area contributed by atoms with Crippen molar-refractivity contribution in [3.8, 4) is 0 Å². The first-order valence-electron chi connectivity index (χ1n) is 5.55. The lowest BCUT2D eigenvalue weighted by molar-refractivity contribution is 0.170. The molecule has 0 fully saturated rings. The van der Waals surface area contributed by atoms with E-state index in [1.807, 2.05) is 0 Å². The van der Waals surface area contributed by atoms with Gasteiger partial charge in [-0.1, -0.05) is 28.1 Å². The van der Waals surface area contributed by atoms with E-state index in [1.54, 1.807) is 6.07 Å². The monoisotopic (exact) mass is 330 g/mol. The molecule has 19 heavy (non-hydrogen) atoms. The molecule has 1 atom stereocenters. The normalized spacial score (nSPS) is 12.5. The van der Waals surface area contributed by atoms with E-state index in [4.69, 9.17) is 0 Å². The number of rotatable bonds is 3. The highest BCUT2D eigenvalue weighted by molar-refractivity contribution is 9.10. The van der Waals surface area contributed by atoms with Gasteiger partial charge in [0, 0.05) is 22.0 Å². The maximum Gasteiger partial charge on any atom is 0.130 e. The molecule has 0 bridgehead atoms. The van der Waals surface area contributed by atoms with Crippen molar-refractivity contribution in [2.75, 3.05) is 0 Å². The molecule has 2 aromatic carbocycles. The quantitative estimate of drug-likeness (QED) is 0.896.